The molecule has 0 aliphatic rings. The Morgan fingerprint density at radius 1 is 2.00 bits per heavy atom. The van der Waals surface area contributed by atoms with Crippen molar-refractivity contribution in [1.82, 2.24) is 0 Å². The van der Waals surface area contributed by atoms with Crippen LogP contribution < -0.4 is 5.40 Å². The van der Waals surface area contributed by atoms with Crippen molar-refractivity contribution >= 4 is 9.84 Å². The molecular formula is H4N2O2Si. The molecule has 0 fully saturated rings. The second-order valence-corrected chi connectivity index (χ2v) is 1.40. The van der Waals surface area contributed by atoms with Crippen molar-refractivity contribution in [1.29, 1.82) is 0 Å². The van der Waals surface area contributed by atoms with Crippen LogP contribution >= 0.6 is 0 Å². The Hall–Kier alpha value is -0.423. The summed E-state index contributed by atoms with van der Waals surface area (Å²) in [4.78, 5) is 9.11. The zero-order valence-electron chi connectivity index (χ0n) is 2.55. The highest BCUT2D eigenvalue weighted by molar-refractivity contribution is 6.19. The second-order valence-electron chi connectivity index (χ2n) is 0.515. The number of hydrogen-bond donors (Lipinski definition) is 1. The van der Waals surface area contributed by atoms with Crippen molar-refractivity contribution in [3.63, 3.8) is 0 Å². The molecule has 0 aromatic heterocycles. The molecule has 0 spiro atoms. The van der Waals surface area contributed by atoms with Gasteiger partial charge in [-0.05, 0) is 4.59 Å². The first-order valence-corrected chi connectivity index (χ1v) is 2.54. The lowest BCUT2D eigenvalue weighted by atomic mass is 13.4. The van der Waals surface area contributed by atoms with Crippen LogP contribution in [-0.4, -0.2) is 14.4 Å². The molecule has 5 heavy (non-hydrogen) atoms. The lowest BCUT2D eigenvalue weighted by Gasteiger charge is -1.74. The molecular weight excluding hydrogens is 88.1 g/mol. The highest BCUT2D eigenvalue weighted by Crippen LogP contribution is 1.44. The Balaban J connectivity index is 2.85. The summed E-state index contributed by atoms with van der Waals surface area (Å²) in [5.41, 5.74) is 0. The molecule has 5 heteroatoms. The topological polar surface area (TPSA) is 69.2 Å². The van der Waals surface area contributed by atoms with Gasteiger partial charge >= 0.3 is 9.84 Å². The smallest absolute Gasteiger partial charge is 0.298 e. The van der Waals surface area contributed by atoms with Crippen molar-refractivity contribution in [2.24, 2.45) is 5.40 Å². The van der Waals surface area contributed by atoms with Gasteiger partial charge in [0.1, 0.15) is 0 Å². The summed E-state index contributed by atoms with van der Waals surface area (Å²) in [5.74, 6) is 0. The Morgan fingerprint density at radius 2 is 2.20 bits per heavy atom. The Bertz CT molecular complexity index is 42.9. The maximum Gasteiger partial charge on any atom is 0.473 e. The van der Waals surface area contributed by atoms with Gasteiger partial charge in [0.05, 0.1) is 0 Å². The summed E-state index contributed by atoms with van der Waals surface area (Å²) in [6, 6.07) is 0. The van der Waals surface area contributed by atoms with Gasteiger partial charge in [0.15, 0.2) is 0 Å². The van der Waals surface area contributed by atoms with Gasteiger partial charge in [-0.1, -0.05) is 0 Å². The standard InChI is InChI=1S/H4N2O2Si/c1-5-2(3)4/h1,5H2. The molecule has 0 aromatic rings. The zero-order valence-corrected chi connectivity index (χ0v) is 3.96. The fourth-order valence-electron chi connectivity index (χ4n) is 0. The van der Waals surface area contributed by atoms with E-state index in [0.717, 1.165) is 0 Å². The maximum absolute atomic E-state index is 9.11. The summed E-state index contributed by atoms with van der Waals surface area (Å²) in [7, 11) is -1.43. The van der Waals surface area contributed by atoms with Gasteiger partial charge < -0.3 is 0 Å². The average Bonchev–Trinajstić information content (AvgIpc) is 1.38. The number of nitro groups is 1. The van der Waals surface area contributed by atoms with E-state index in [1.54, 1.807) is 0 Å². The van der Waals surface area contributed by atoms with Gasteiger partial charge in [0.25, 0.3) is 0 Å². The minimum absolute atomic E-state index is 0.458. The third-order valence-corrected chi connectivity index (χ3v) is 0.447. The molecule has 0 aromatic carbocycles. The van der Waals surface area contributed by atoms with Gasteiger partial charge in [0, 0.05) is 0 Å². The fourth-order valence-corrected chi connectivity index (χ4v) is 0. The molecule has 0 saturated carbocycles. The van der Waals surface area contributed by atoms with E-state index >= 15 is 0 Å². The van der Waals surface area contributed by atoms with Crippen LogP contribution in [0.4, 0.5) is 0 Å². The van der Waals surface area contributed by atoms with Crippen LogP contribution in [0.25, 0.3) is 0 Å². The van der Waals surface area contributed by atoms with Crippen LogP contribution in [0.5, 0.6) is 0 Å². The minimum atomic E-state index is -1.43. The first-order valence-electron chi connectivity index (χ1n) is 1.09. The number of rotatable bonds is 1. The quantitative estimate of drug-likeness (QED) is 0.236. The summed E-state index contributed by atoms with van der Waals surface area (Å²) in [5, 5.41) is 13.7. The maximum atomic E-state index is 9.11. The average molecular weight is 92.1 g/mol. The predicted octanol–water partition coefficient (Wildman–Crippen LogP) is -1.78. The van der Waals surface area contributed by atoms with Crippen molar-refractivity contribution in [3.05, 3.63) is 10.1 Å². The van der Waals surface area contributed by atoms with Crippen LogP contribution in [0.2, 0.25) is 0 Å². The number of nitrogens with zero attached hydrogens (tertiary/aromatic N) is 1. The molecule has 2 N–H and O–H groups in total. The normalized spacial score (nSPS) is 9.80. The molecule has 0 aliphatic heterocycles. The highest BCUT2D eigenvalue weighted by atomic mass is 28.2. The SMILES string of the molecule is N[SiH2][N+](=O)[O-]. The Morgan fingerprint density at radius 3 is 2.20 bits per heavy atom. The molecule has 0 bridgehead atoms. The highest BCUT2D eigenvalue weighted by Gasteiger charge is 1.82. The van der Waals surface area contributed by atoms with E-state index in [1.807, 2.05) is 0 Å². The second kappa shape index (κ2) is 1.86. The fraction of sp³-hybridized carbons (Fsp3) is 0. The molecule has 0 radical (unpaired) electrons. The molecule has 4 nitrogen and oxygen atoms in total. The van der Waals surface area contributed by atoms with Crippen LogP contribution in [0.1, 0.15) is 0 Å². The van der Waals surface area contributed by atoms with Crippen LogP contribution in [0.15, 0.2) is 0 Å². The first kappa shape index (κ1) is 4.58. The van der Waals surface area contributed by atoms with Crippen molar-refractivity contribution in [3.8, 4) is 0 Å². The van der Waals surface area contributed by atoms with Gasteiger partial charge in [-0.25, -0.2) is 0 Å². The van der Waals surface area contributed by atoms with Gasteiger partial charge in [-0.2, -0.15) is 0 Å². The van der Waals surface area contributed by atoms with Crippen molar-refractivity contribution in [2.45, 2.75) is 0 Å². The summed E-state index contributed by atoms with van der Waals surface area (Å²) in [6.45, 7) is 0. The van der Waals surface area contributed by atoms with E-state index in [4.69, 9.17) is 10.1 Å². The van der Waals surface area contributed by atoms with Gasteiger partial charge in [-0.15, -0.1) is 0 Å². The van der Waals surface area contributed by atoms with E-state index in [-0.39, 0.29) is 0 Å². The summed E-state index contributed by atoms with van der Waals surface area (Å²) in [6.07, 6.45) is 0. The van der Waals surface area contributed by atoms with E-state index < -0.39 is 14.4 Å². The molecule has 0 aliphatic carbocycles. The van der Waals surface area contributed by atoms with Crippen molar-refractivity contribution < 1.29 is 4.59 Å². The molecule has 0 heterocycles. The largest absolute Gasteiger partial charge is 0.473 e. The van der Waals surface area contributed by atoms with Crippen LogP contribution in [-0.2, 0) is 0 Å². The lowest BCUT2D eigenvalue weighted by Crippen LogP contribution is -2.15. The molecule has 0 unspecified atom stereocenters. The zero-order chi connectivity index (χ0) is 4.28. The van der Waals surface area contributed by atoms with Crippen LogP contribution in [0, 0.1) is 10.1 Å². The molecule has 0 amide bonds. The van der Waals surface area contributed by atoms with E-state index in [9.17, 15) is 0 Å². The van der Waals surface area contributed by atoms with Gasteiger partial charge in [-0.3, -0.25) is 15.5 Å². The summed E-state index contributed by atoms with van der Waals surface area (Å²) >= 11 is 0. The molecule has 0 saturated heterocycles. The van der Waals surface area contributed by atoms with E-state index in [2.05, 4.69) is 5.40 Å². The third kappa shape index (κ3) is 3.58. The molecule has 0 rings (SSSR count). The number of nitrogens with two attached hydrogens (primary N) is 1. The summed E-state index contributed by atoms with van der Waals surface area (Å²) < 4.78 is -0.458. The lowest BCUT2D eigenvalue weighted by molar-refractivity contribution is -0.322. The third-order valence-electron chi connectivity index (χ3n) is 0.149. The molecule has 30 valence electrons. The molecule has 0 atom stereocenters. The van der Waals surface area contributed by atoms with E-state index in [1.165, 1.54) is 0 Å². The van der Waals surface area contributed by atoms with Crippen LogP contribution in [0.3, 0.4) is 0 Å². The monoisotopic (exact) mass is 92.0 g/mol. The predicted molar refractivity (Wildman–Crippen MR) is 19.7 cm³/mol. The first-order chi connectivity index (χ1) is 2.27. The number of hydrogen-bond acceptors (Lipinski definition) is 3. The Kier molecular flexibility index (Phi) is 1.70. The van der Waals surface area contributed by atoms with E-state index in [0.29, 0.717) is 0 Å². The van der Waals surface area contributed by atoms with Crippen molar-refractivity contribution in [2.75, 3.05) is 0 Å². The Labute approximate surface area is 31.1 Å². The van der Waals surface area contributed by atoms with Gasteiger partial charge in [0.2, 0.25) is 0 Å². The minimum Gasteiger partial charge on any atom is -0.298 e.